The Morgan fingerprint density at radius 1 is 1.26 bits per heavy atom. The van der Waals surface area contributed by atoms with Crippen molar-refractivity contribution in [3.63, 3.8) is 0 Å². The van der Waals surface area contributed by atoms with Gasteiger partial charge in [0, 0.05) is 43.8 Å². The van der Waals surface area contributed by atoms with Gasteiger partial charge in [0.25, 0.3) is 0 Å². The first-order valence-corrected chi connectivity index (χ1v) is 8.81. The SMILES string of the molecule is C=C(C)CNC(=NCC(=O)N(C)C)NCCc1c(C)[nH]c2ccccc12.I. The van der Waals surface area contributed by atoms with Crippen LogP contribution in [-0.2, 0) is 11.2 Å². The molecule has 0 fully saturated rings. The zero-order valence-corrected chi connectivity index (χ0v) is 18.9. The van der Waals surface area contributed by atoms with Crippen molar-refractivity contribution in [3.05, 3.63) is 47.7 Å². The molecular weight excluding hydrogens is 453 g/mol. The molecule has 1 amide bonds. The van der Waals surface area contributed by atoms with E-state index in [1.165, 1.54) is 21.5 Å². The summed E-state index contributed by atoms with van der Waals surface area (Å²) in [5, 5.41) is 7.77. The van der Waals surface area contributed by atoms with Crippen LogP contribution in [0.3, 0.4) is 0 Å². The van der Waals surface area contributed by atoms with Gasteiger partial charge in [-0.2, -0.15) is 0 Å². The van der Waals surface area contributed by atoms with Crippen LogP contribution in [0, 0.1) is 6.92 Å². The van der Waals surface area contributed by atoms with Gasteiger partial charge in [0.2, 0.25) is 5.91 Å². The van der Waals surface area contributed by atoms with E-state index in [0.717, 1.165) is 24.1 Å². The second-order valence-electron chi connectivity index (χ2n) is 6.71. The van der Waals surface area contributed by atoms with E-state index in [2.05, 4.69) is 52.3 Å². The Hall–Kier alpha value is -2.03. The Morgan fingerprint density at radius 3 is 2.63 bits per heavy atom. The van der Waals surface area contributed by atoms with Crippen LogP contribution >= 0.6 is 24.0 Å². The zero-order chi connectivity index (χ0) is 19.1. The topological polar surface area (TPSA) is 72.5 Å². The number of hydrogen-bond donors (Lipinski definition) is 3. The molecular formula is C20H30IN5O. The molecule has 1 heterocycles. The maximum Gasteiger partial charge on any atom is 0.243 e. The fourth-order valence-corrected chi connectivity index (χ4v) is 2.66. The first kappa shape index (κ1) is 23.0. The minimum Gasteiger partial charge on any atom is -0.358 e. The van der Waals surface area contributed by atoms with Crippen molar-refractivity contribution in [1.29, 1.82) is 0 Å². The normalized spacial score (nSPS) is 11.0. The number of guanidine groups is 1. The van der Waals surface area contributed by atoms with E-state index >= 15 is 0 Å². The number of aliphatic imine (C=N–C) groups is 1. The molecule has 0 saturated heterocycles. The van der Waals surface area contributed by atoms with Crippen molar-refractivity contribution in [1.82, 2.24) is 20.5 Å². The van der Waals surface area contributed by atoms with Gasteiger partial charge in [-0.3, -0.25) is 4.79 Å². The fourth-order valence-electron chi connectivity index (χ4n) is 2.66. The van der Waals surface area contributed by atoms with Gasteiger partial charge in [-0.05, 0) is 31.9 Å². The number of benzene rings is 1. The molecule has 0 atom stereocenters. The molecule has 0 spiro atoms. The lowest BCUT2D eigenvalue weighted by atomic mass is 10.1. The minimum absolute atomic E-state index is 0. The van der Waals surface area contributed by atoms with Crippen LogP contribution in [0.5, 0.6) is 0 Å². The number of likely N-dealkylation sites (N-methyl/N-ethyl adjacent to an activating group) is 1. The number of aromatic amines is 1. The van der Waals surface area contributed by atoms with Crippen LogP contribution < -0.4 is 10.6 Å². The molecule has 0 aliphatic carbocycles. The Labute approximate surface area is 178 Å². The summed E-state index contributed by atoms with van der Waals surface area (Å²) in [6, 6.07) is 8.32. The largest absolute Gasteiger partial charge is 0.358 e. The number of carbonyl (C=O) groups excluding carboxylic acids is 1. The monoisotopic (exact) mass is 483 g/mol. The molecule has 0 aliphatic heterocycles. The van der Waals surface area contributed by atoms with Gasteiger partial charge >= 0.3 is 0 Å². The highest BCUT2D eigenvalue weighted by molar-refractivity contribution is 14.0. The maximum absolute atomic E-state index is 11.8. The summed E-state index contributed by atoms with van der Waals surface area (Å²) in [6.07, 6.45) is 0.866. The Bertz CT molecular complexity index is 810. The number of H-pyrrole nitrogens is 1. The summed E-state index contributed by atoms with van der Waals surface area (Å²) in [5.74, 6) is 0.592. The number of nitrogens with zero attached hydrogens (tertiary/aromatic N) is 2. The van der Waals surface area contributed by atoms with Gasteiger partial charge < -0.3 is 20.5 Å². The number of fused-ring (bicyclic) bond motifs is 1. The van der Waals surface area contributed by atoms with Crippen LogP contribution in [0.25, 0.3) is 10.9 Å². The quantitative estimate of drug-likeness (QED) is 0.246. The van der Waals surface area contributed by atoms with E-state index < -0.39 is 0 Å². The Kier molecular flexibility index (Phi) is 9.34. The van der Waals surface area contributed by atoms with Crippen molar-refractivity contribution in [2.24, 2.45) is 4.99 Å². The van der Waals surface area contributed by atoms with Crippen molar-refractivity contribution in [2.75, 3.05) is 33.7 Å². The van der Waals surface area contributed by atoms with Gasteiger partial charge in [-0.15, -0.1) is 24.0 Å². The summed E-state index contributed by atoms with van der Waals surface area (Å²) in [5.41, 5.74) is 4.65. The lowest BCUT2D eigenvalue weighted by molar-refractivity contribution is -0.127. The molecule has 2 rings (SSSR count). The number of aryl methyl sites for hydroxylation is 1. The third-order valence-corrected chi connectivity index (χ3v) is 4.12. The summed E-state index contributed by atoms with van der Waals surface area (Å²) < 4.78 is 0. The number of carbonyl (C=O) groups is 1. The first-order chi connectivity index (χ1) is 12.4. The molecule has 1 aromatic heterocycles. The molecule has 148 valence electrons. The van der Waals surface area contributed by atoms with Gasteiger partial charge in [0.05, 0.1) is 0 Å². The third kappa shape index (κ3) is 6.89. The molecule has 3 N–H and O–H groups in total. The predicted molar refractivity (Wildman–Crippen MR) is 124 cm³/mol. The van der Waals surface area contributed by atoms with E-state index in [1.54, 1.807) is 14.1 Å². The van der Waals surface area contributed by atoms with Gasteiger partial charge in [-0.25, -0.2) is 4.99 Å². The molecule has 0 radical (unpaired) electrons. The molecule has 2 aromatic rings. The summed E-state index contributed by atoms with van der Waals surface area (Å²) in [4.78, 5) is 21.1. The van der Waals surface area contributed by atoms with E-state index in [0.29, 0.717) is 12.5 Å². The van der Waals surface area contributed by atoms with Gasteiger partial charge in [0.1, 0.15) is 6.54 Å². The number of hydrogen-bond acceptors (Lipinski definition) is 2. The van der Waals surface area contributed by atoms with Crippen molar-refractivity contribution in [2.45, 2.75) is 20.3 Å². The molecule has 1 aromatic carbocycles. The lowest BCUT2D eigenvalue weighted by Crippen LogP contribution is -2.40. The number of amides is 1. The third-order valence-electron chi connectivity index (χ3n) is 4.12. The van der Waals surface area contributed by atoms with Gasteiger partial charge in [-0.1, -0.05) is 30.4 Å². The molecule has 0 saturated carbocycles. The fraction of sp³-hybridized carbons (Fsp3) is 0.400. The minimum atomic E-state index is -0.0334. The van der Waals surface area contributed by atoms with E-state index in [4.69, 9.17) is 0 Å². The average Bonchev–Trinajstić information content (AvgIpc) is 2.91. The van der Waals surface area contributed by atoms with Crippen LogP contribution in [-0.4, -0.2) is 55.5 Å². The summed E-state index contributed by atoms with van der Waals surface area (Å²) in [7, 11) is 3.46. The van der Waals surface area contributed by atoms with Crippen LogP contribution in [0.2, 0.25) is 0 Å². The number of para-hydroxylation sites is 1. The average molecular weight is 483 g/mol. The van der Waals surface area contributed by atoms with Crippen molar-refractivity contribution >= 4 is 46.7 Å². The van der Waals surface area contributed by atoms with E-state index in [9.17, 15) is 4.79 Å². The highest BCUT2D eigenvalue weighted by Crippen LogP contribution is 2.21. The number of nitrogens with one attached hydrogen (secondary N) is 3. The van der Waals surface area contributed by atoms with E-state index in [1.807, 2.05) is 13.0 Å². The van der Waals surface area contributed by atoms with E-state index in [-0.39, 0.29) is 36.4 Å². The zero-order valence-electron chi connectivity index (χ0n) is 16.6. The second-order valence-corrected chi connectivity index (χ2v) is 6.71. The number of rotatable bonds is 7. The van der Waals surface area contributed by atoms with Crippen molar-refractivity contribution in [3.8, 4) is 0 Å². The lowest BCUT2D eigenvalue weighted by Gasteiger charge is -2.14. The van der Waals surface area contributed by atoms with Crippen LogP contribution in [0.15, 0.2) is 41.4 Å². The second kappa shape index (κ2) is 11.0. The molecule has 7 heteroatoms. The van der Waals surface area contributed by atoms with Crippen molar-refractivity contribution < 1.29 is 4.79 Å². The standard InChI is InChI=1S/C20H29N5O.HI/c1-14(2)12-22-20(23-13-19(26)25(4)5)21-11-10-16-15(3)24-18-9-7-6-8-17(16)18;/h6-9,24H,1,10-13H2,2-5H3,(H2,21,22,23);1H. The Balaban J connectivity index is 0.00000364. The van der Waals surface area contributed by atoms with Crippen LogP contribution in [0.1, 0.15) is 18.2 Å². The molecule has 0 aliphatic rings. The predicted octanol–water partition coefficient (Wildman–Crippen LogP) is 2.84. The molecule has 0 bridgehead atoms. The number of aromatic nitrogens is 1. The Morgan fingerprint density at radius 2 is 1.96 bits per heavy atom. The molecule has 27 heavy (non-hydrogen) atoms. The smallest absolute Gasteiger partial charge is 0.243 e. The van der Waals surface area contributed by atoms with Crippen LogP contribution in [0.4, 0.5) is 0 Å². The summed E-state index contributed by atoms with van der Waals surface area (Å²) in [6.45, 7) is 9.40. The highest BCUT2D eigenvalue weighted by Gasteiger charge is 2.09. The molecule has 6 nitrogen and oxygen atoms in total. The highest BCUT2D eigenvalue weighted by atomic mass is 127. The van der Waals surface area contributed by atoms with Gasteiger partial charge in [0.15, 0.2) is 5.96 Å². The number of halogens is 1. The first-order valence-electron chi connectivity index (χ1n) is 8.81. The molecule has 0 unspecified atom stereocenters. The maximum atomic E-state index is 11.8. The summed E-state index contributed by atoms with van der Waals surface area (Å²) >= 11 is 0.